The predicted octanol–water partition coefficient (Wildman–Crippen LogP) is 2.02. The van der Waals surface area contributed by atoms with Crippen LogP contribution in [0.15, 0.2) is 0 Å². The van der Waals surface area contributed by atoms with Gasteiger partial charge in [0.05, 0.1) is 0 Å². The van der Waals surface area contributed by atoms with Gasteiger partial charge < -0.3 is 10.6 Å². The monoisotopic (exact) mass is 255 g/mol. The van der Waals surface area contributed by atoms with Gasteiger partial charge >= 0.3 is 0 Å². The largest absolute Gasteiger partial charge is 0.329 e. The van der Waals surface area contributed by atoms with Crippen LogP contribution in [0.25, 0.3) is 0 Å². The van der Waals surface area contributed by atoms with E-state index in [9.17, 15) is 0 Å². The van der Waals surface area contributed by atoms with Gasteiger partial charge in [-0.2, -0.15) is 0 Å². The van der Waals surface area contributed by atoms with Gasteiger partial charge in [-0.1, -0.05) is 27.7 Å². The first-order chi connectivity index (χ1) is 8.36. The molecular weight excluding hydrogens is 222 g/mol. The second-order valence-corrected chi connectivity index (χ2v) is 6.66. The average molecular weight is 255 g/mol. The summed E-state index contributed by atoms with van der Waals surface area (Å²) < 4.78 is 0. The maximum absolute atomic E-state index is 6.23. The Morgan fingerprint density at radius 3 is 2.17 bits per heavy atom. The zero-order chi connectivity index (χ0) is 13.9. The SMILES string of the molecule is CC1CN(C)CCCN1C(CN)(C(C)C)C(C)C. The minimum Gasteiger partial charge on any atom is -0.329 e. The lowest BCUT2D eigenvalue weighted by molar-refractivity contribution is -0.0151. The highest BCUT2D eigenvalue weighted by Gasteiger charge is 2.43. The van der Waals surface area contributed by atoms with Gasteiger partial charge in [0, 0.05) is 31.2 Å². The van der Waals surface area contributed by atoms with Crippen molar-refractivity contribution in [3.63, 3.8) is 0 Å². The van der Waals surface area contributed by atoms with Crippen LogP contribution in [0.3, 0.4) is 0 Å². The second-order valence-electron chi connectivity index (χ2n) is 6.66. The summed E-state index contributed by atoms with van der Waals surface area (Å²) >= 11 is 0. The Labute approximate surface area is 114 Å². The van der Waals surface area contributed by atoms with E-state index in [1.165, 1.54) is 19.5 Å². The van der Waals surface area contributed by atoms with Crippen molar-refractivity contribution < 1.29 is 0 Å². The molecule has 3 heteroatoms. The van der Waals surface area contributed by atoms with Gasteiger partial charge in [0.25, 0.3) is 0 Å². The average Bonchev–Trinajstić information content (AvgIpc) is 2.42. The molecular formula is C15H33N3. The molecule has 1 aliphatic heterocycles. The fourth-order valence-electron chi connectivity index (χ4n) is 3.91. The molecule has 0 radical (unpaired) electrons. The van der Waals surface area contributed by atoms with Crippen LogP contribution >= 0.6 is 0 Å². The predicted molar refractivity (Wildman–Crippen MR) is 79.7 cm³/mol. The van der Waals surface area contributed by atoms with Crippen LogP contribution in [0.2, 0.25) is 0 Å². The molecule has 1 atom stereocenters. The van der Waals surface area contributed by atoms with Crippen molar-refractivity contribution in [2.45, 2.75) is 52.6 Å². The Morgan fingerprint density at radius 2 is 1.72 bits per heavy atom. The number of hydrogen-bond acceptors (Lipinski definition) is 3. The van der Waals surface area contributed by atoms with Crippen molar-refractivity contribution >= 4 is 0 Å². The maximum atomic E-state index is 6.23. The van der Waals surface area contributed by atoms with Crippen LogP contribution in [0, 0.1) is 11.8 Å². The Hall–Kier alpha value is -0.120. The Bertz CT molecular complexity index is 242. The van der Waals surface area contributed by atoms with Crippen molar-refractivity contribution in [1.29, 1.82) is 0 Å². The number of likely N-dealkylation sites (N-methyl/N-ethyl adjacent to an activating group) is 1. The third kappa shape index (κ3) is 2.89. The van der Waals surface area contributed by atoms with Gasteiger partial charge in [-0.25, -0.2) is 0 Å². The molecule has 1 aliphatic rings. The minimum absolute atomic E-state index is 0.143. The van der Waals surface area contributed by atoms with Gasteiger partial charge in [-0.05, 0) is 38.8 Å². The fourth-order valence-corrected chi connectivity index (χ4v) is 3.91. The van der Waals surface area contributed by atoms with Gasteiger partial charge in [0.2, 0.25) is 0 Å². The quantitative estimate of drug-likeness (QED) is 0.834. The number of hydrogen-bond donors (Lipinski definition) is 1. The third-order valence-electron chi connectivity index (χ3n) is 4.91. The van der Waals surface area contributed by atoms with E-state index in [1.807, 2.05) is 0 Å². The molecule has 0 aromatic carbocycles. The van der Waals surface area contributed by atoms with Gasteiger partial charge in [-0.15, -0.1) is 0 Å². The molecule has 0 saturated carbocycles. The molecule has 1 rings (SSSR count). The molecule has 0 amide bonds. The highest BCUT2D eigenvalue weighted by molar-refractivity contribution is 5.00. The van der Waals surface area contributed by atoms with Crippen molar-refractivity contribution in [2.75, 3.05) is 33.2 Å². The number of nitrogens with two attached hydrogens (primary N) is 1. The van der Waals surface area contributed by atoms with Crippen molar-refractivity contribution in [1.82, 2.24) is 9.80 Å². The summed E-state index contributed by atoms with van der Waals surface area (Å²) in [5.74, 6) is 1.18. The van der Waals surface area contributed by atoms with Crippen LogP contribution in [0.1, 0.15) is 41.0 Å². The zero-order valence-corrected chi connectivity index (χ0v) is 13.2. The molecule has 1 saturated heterocycles. The second kappa shape index (κ2) is 6.36. The Morgan fingerprint density at radius 1 is 1.17 bits per heavy atom. The summed E-state index contributed by atoms with van der Waals surface area (Å²) in [5.41, 5.74) is 6.38. The molecule has 1 fully saturated rings. The van der Waals surface area contributed by atoms with Crippen LogP contribution < -0.4 is 5.73 Å². The lowest BCUT2D eigenvalue weighted by atomic mass is 9.74. The maximum Gasteiger partial charge on any atom is 0.0380 e. The van der Waals surface area contributed by atoms with Gasteiger partial charge in [0.15, 0.2) is 0 Å². The van der Waals surface area contributed by atoms with E-state index < -0.39 is 0 Å². The van der Waals surface area contributed by atoms with Gasteiger partial charge in [-0.3, -0.25) is 4.90 Å². The molecule has 0 aromatic heterocycles. The van der Waals surface area contributed by atoms with Gasteiger partial charge in [0.1, 0.15) is 0 Å². The third-order valence-corrected chi connectivity index (χ3v) is 4.91. The zero-order valence-electron chi connectivity index (χ0n) is 13.2. The molecule has 0 spiro atoms. The molecule has 0 bridgehead atoms. The lowest BCUT2D eigenvalue weighted by Gasteiger charge is -2.52. The summed E-state index contributed by atoms with van der Waals surface area (Å²) in [6.45, 7) is 16.0. The normalized spacial score (nSPS) is 24.8. The highest BCUT2D eigenvalue weighted by atomic mass is 15.3. The number of rotatable bonds is 4. The minimum atomic E-state index is 0.143. The van der Waals surface area contributed by atoms with Crippen molar-refractivity contribution in [3.05, 3.63) is 0 Å². The molecule has 2 N–H and O–H groups in total. The first kappa shape index (κ1) is 15.9. The summed E-state index contributed by atoms with van der Waals surface area (Å²) in [6, 6.07) is 0.589. The number of nitrogens with zero attached hydrogens (tertiary/aromatic N) is 2. The topological polar surface area (TPSA) is 32.5 Å². The van der Waals surface area contributed by atoms with Crippen LogP contribution in [0.4, 0.5) is 0 Å². The van der Waals surface area contributed by atoms with E-state index in [1.54, 1.807) is 0 Å². The smallest absolute Gasteiger partial charge is 0.0380 e. The van der Waals surface area contributed by atoms with E-state index in [4.69, 9.17) is 5.73 Å². The molecule has 0 aromatic rings. The molecule has 108 valence electrons. The summed E-state index contributed by atoms with van der Waals surface area (Å²) in [4.78, 5) is 5.15. The van der Waals surface area contributed by atoms with Crippen LogP contribution in [-0.4, -0.2) is 54.6 Å². The first-order valence-corrected chi connectivity index (χ1v) is 7.51. The fraction of sp³-hybridized carbons (Fsp3) is 1.00. The lowest BCUT2D eigenvalue weighted by Crippen LogP contribution is -2.64. The van der Waals surface area contributed by atoms with Crippen LogP contribution in [-0.2, 0) is 0 Å². The summed E-state index contributed by atoms with van der Waals surface area (Å²) in [7, 11) is 2.23. The van der Waals surface area contributed by atoms with E-state index in [2.05, 4.69) is 51.5 Å². The van der Waals surface area contributed by atoms with Crippen molar-refractivity contribution in [3.8, 4) is 0 Å². The Kier molecular flexibility index (Phi) is 5.63. The Balaban J connectivity index is 3.03. The van der Waals surface area contributed by atoms with E-state index >= 15 is 0 Å². The molecule has 0 aliphatic carbocycles. The molecule has 3 nitrogen and oxygen atoms in total. The standard InChI is InChI=1S/C15H33N3/c1-12(2)15(11-16,13(3)4)18-9-7-8-17(6)10-14(18)5/h12-14H,7-11,16H2,1-6H3. The van der Waals surface area contributed by atoms with E-state index in [0.29, 0.717) is 17.9 Å². The van der Waals surface area contributed by atoms with Crippen LogP contribution in [0.5, 0.6) is 0 Å². The summed E-state index contributed by atoms with van der Waals surface area (Å²) in [6.07, 6.45) is 1.25. The molecule has 1 heterocycles. The summed E-state index contributed by atoms with van der Waals surface area (Å²) in [5, 5.41) is 0. The first-order valence-electron chi connectivity index (χ1n) is 7.51. The highest BCUT2D eigenvalue weighted by Crippen LogP contribution is 2.34. The van der Waals surface area contributed by atoms with E-state index in [0.717, 1.165) is 13.1 Å². The molecule has 1 unspecified atom stereocenters. The van der Waals surface area contributed by atoms with Crippen molar-refractivity contribution in [2.24, 2.45) is 17.6 Å². The van der Waals surface area contributed by atoms with E-state index in [-0.39, 0.29) is 5.54 Å². The molecule has 18 heavy (non-hydrogen) atoms.